The summed E-state index contributed by atoms with van der Waals surface area (Å²) in [5, 5.41) is 22.0. The number of rotatable bonds is 2. The van der Waals surface area contributed by atoms with Crippen LogP contribution < -0.4 is 10.6 Å². The quantitative estimate of drug-likeness (QED) is 0.556. The SMILES string of the molecule is N#CNc1ccc(Cl)c(NC#N)c1. The second-order valence-electron chi connectivity index (χ2n) is 2.17. The highest BCUT2D eigenvalue weighted by molar-refractivity contribution is 6.33. The fourth-order valence-corrected chi connectivity index (χ4v) is 0.988. The van der Waals surface area contributed by atoms with E-state index in [1.165, 1.54) is 0 Å². The lowest BCUT2D eigenvalue weighted by Gasteiger charge is -2.02. The molecule has 0 heterocycles. The summed E-state index contributed by atoms with van der Waals surface area (Å²) in [4.78, 5) is 0. The Kier molecular flexibility index (Phi) is 2.97. The standard InChI is InChI=1S/C8H5ClN4/c9-7-2-1-6(12-4-10)3-8(7)13-5-11/h1-3,12-13H. The first-order valence-electron chi connectivity index (χ1n) is 3.37. The van der Waals surface area contributed by atoms with Gasteiger partial charge in [0.15, 0.2) is 12.4 Å². The predicted octanol–water partition coefficient (Wildman–Crippen LogP) is 2.13. The average molecular weight is 193 g/mol. The Labute approximate surface area is 80.3 Å². The molecule has 2 N–H and O–H groups in total. The van der Waals surface area contributed by atoms with Gasteiger partial charge in [-0.25, -0.2) is 0 Å². The lowest BCUT2D eigenvalue weighted by atomic mass is 10.3. The predicted molar refractivity (Wildman–Crippen MR) is 49.9 cm³/mol. The third-order valence-electron chi connectivity index (χ3n) is 1.36. The van der Waals surface area contributed by atoms with E-state index in [0.29, 0.717) is 16.4 Å². The van der Waals surface area contributed by atoms with Gasteiger partial charge in [0.1, 0.15) is 0 Å². The van der Waals surface area contributed by atoms with Crippen LogP contribution in [0.25, 0.3) is 0 Å². The Bertz CT molecular complexity index is 388. The number of hydrogen-bond acceptors (Lipinski definition) is 4. The van der Waals surface area contributed by atoms with Gasteiger partial charge in [-0.3, -0.25) is 10.6 Å². The molecule has 0 spiro atoms. The number of benzene rings is 1. The van der Waals surface area contributed by atoms with Crippen molar-refractivity contribution in [3.63, 3.8) is 0 Å². The van der Waals surface area contributed by atoms with Gasteiger partial charge in [-0.15, -0.1) is 0 Å². The van der Waals surface area contributed by atoms with Crippen molar-refractivity contribution in [1.82, 2.24) is 0 Å². The highest BCUT2D eigenvalue weighted by Gasteiger charge is 2.00. The van der Waals surface area contributed by atoms with E-state index in [0.717, 1.165) is 0 Å². The number of anilines is 2. The first kappa shape index (κ1) is 9.18. The number of nitrogens with one attached hydrogen (secondary N) is 2. The van der Waals surface area contributed by atoms with Gasteiger partial charge in [0.25, 0.3) is 0 Å². The fourth-order valence-electron chi connectivity index (χ4n) is 0.824. The number of halogens is 1. The molecule has 64 valence electrons. The van der Waals surface area contributed by atoms with Crippen LogP contribution in [0.2, 0.25) is 5.02 Å². The number of hydrogen-bond donors (Lipinski definition) is 2. The normalized spacial score (nSPS) is 8.23. The van der Waals surface area contributed by atoms with E-state index in [1.54, 1.807) is 30.6 Å². The van der Waals surface area contributed by atoms with Gasteiger partial charge >= 0.3 is 0 Å². The van der Waals surface area contributed by atoms with Gasteiger partial charge in [-0.2, -0.15) is 10.5 Å². The first-order valence-corrected chi connectivity index (χ1v) is 3.75. The Morgan fingerprint density at radius 1 is 1.15 bits per heavy atom. The maximum Gasteiger partial charge on any atom is 0.181 e. The summed E-state index contributed by atoms with van der Waals surface area (Å²) in [5.74, 6) is 0. The maximum absolute atomic E-state index is 8.36. The van der Waals surface area contributed by atoms with Crippen molar-refractivity contribution in [3.05, 3.63) is 23.2 Å². The van der Waals surface area contributed by atoms with Gasteiger partial charge in [0.05, 0.1) is 10.7 Å². The van der Waals surface area contributed by atoms with Gasteiger partial charge in [0.2, 0.25) is 0 Å². The van der Waals surface area contributed by atoms with Crippen molar-refractivity contribution in [3.8, 4) is 12.4 Å². The van der Waals surface area contributed by atoms with Gasteiger partial charge in [-0.1, -0.05) is 11.6 Å². The lowest BCUT2D eigenvalue weighted by Crippen LogP contribution is -1.92. The fraction of sp³-hybridized carbons (Fsp3) is 0. The highest BCUT2D eigenvalue weighted by atomic mass is 35.5. The van der Waals surface area contributed by atoms with E-state index in [2.05, 4.69) is 10.6 Å². The zero-order valence-corrected chi connectivity index (χ0v) is 7.26. The Balaban J connectivity index is 2.99. The third kappa shape index (κ3) is 2.26. The summed E-state index contributed by atoms with van der Waals surface area (Å²) in [6, 6.07) is 4.82. The van der Waals surface area contributed by atoms with E-state index in [4.69, 9.17) is 22.1 Å². The third-order valence-corrected chi connectivity index (χ3v) is 1.69. The molecular weight excluding hydrogens is 188 g/mol. The molecule has 0 bridgehead atoms. The topological polar surface area (TPSA) is 71.6 Å². The van der Waals surface area contributed by atoms with Crippen molar-refractivity contribution in [2.45, 2.75) is 0 Å². The zero-order valence-electron chi connectivity index (χ0n) is 6.50. The van der Waals surface area contributed by atoms with Crippen LogP contribution >= 0.6 is 11.6 Å². The molecule has 13 heavy (non-hydrogen) atoms. The average Bonchev–Trinajstić information content (AvgIpc) is 2.12. The molecule has 5 heteroatoms. The summed E-state index contributed by atoms with van der Waals surface area (Å²) in [6.45, 7) is 0. The van der Waals surface area contributed by atoms with Gasteiger partial charge < -0.3 is 0 Å². The minimum absolute atomic E-state index is 0.435. The van der Waals surface area contributed by atoms with Gasteiger partial charge in [-0.05, 0) is 18.2 Å². The van der Waals surface area contributed by atoms with Crippen molar-refractivity contribution >= 4 is 23.0 Å². The molecule has 0 aliphatic rings. The summed E-state index contributed by atoms with van der Waals surface area (Å²) >= 11 is 5.75. The van der Waals surface area contributed by atoms with Crippen LogP contribution in [-0.4, -0.2) is 0 Å². The second kappa shape index (κ2) is 4.20. The second-order valence-corrected chi connectivity index (χ2v) is 2.58. The maximum atomic E-state index is 8.36. The number of nitriles is 2. The molecular formula is C8H5ClN4. The molecule has 0 radical (unpaired) electrons. The van der Waals surface area contributed by atoms with E-state index in [9.17, 15) is 0 Å². The summed E-state index contributed by atoms with van der Waals surface area (Å²) in [6.07, 6.45) is 3.52. The highest BCUT2D eigenvalue weighted by Crippen LogP contribution is 2.24. The Morgan fingerprint density at radius 3 is 2.46 bits per heavy atom. The monoisotopic (exact) mass is 192 g/mol. The molecule has 0 aromatic heterocycles. The summed E-state index contributed by atoms with van der Waals surface area (Å²) in [7, 11) is 0. The largest absolute Gasteiger partial charge is 0.293 e. The lowest BCUT2D eigenvalue weighted by molar-refractivity contribution is 1.45. The first-order chi connectivity index (χ1) is 6.27. The summed E-state index contributed by atoms with van der Waals surface area (Å²) in [5.41, 5.74) is 1.06. The van der Waals surface area contributed by atoms with Gasteiger partial charge in [0, 0.05) is 5.69 Å². The van der Waals surface area contributed by atoms with Crippen molar-refractivity contribution < 1.29 is 0 Å². The molecule has 0 aliphatic heterocycles. The van der Waals surface area contributed by atoms with Crippen molar-refractivity contribution in [2.24, 2.45) is 0 Å². The van der Waals surface area contributed by atoms with E-state index in [1.807, 2.05) is 0 Å². The Morgan fingerprint density at radius 2 is 1.85 bits per heavy atom. The molecule has 1 aromatic rings. The van der Waals surface area contributed by atoms with Crippen LogP contribution in [0, 0.1) is 22.9 Å². The van der Waals surface area contributed by atoms with Crippen molar-refractivity contribution in [2.75, 3.05) is 10.6 Å². The molecule has 0 saturated heterocycles. The molecule has 0 fully saturated rings. The minimum Gasteiger partial charge on any atom is -0.293 e. The van der Waals surface area contributed by atoms with E-state index >= 15 is 0 Å². The molecule has 0 aliphatic carbocycles. The van der Waals surface area contributed by atoms with Crippen LogP contribution in [0.1, 0.15) is 0 Å². The van der Waals surface area contributed by atoms with Crippen LogP contribution in [0.3, 0.4) is 0 Å². The van der Waals surface area contributed by atoms with Crippen LogP contribution in [0.5, 0.6) is 0 Å². The van der Waals surface area contributed by atoms with Crippen LogP contribution in [0.15, 0.2) is 18.2 Å². The number of nitrogens with zero attached hydrogens (tertiary/aromatic N) is 2. The molecule has 1 rings (SSSR count). The molecule has 0 atom stereocenters. The minimum atomic E-state index is 0.435. The Hall–Kier alpha value is -1.91. The summed E-state index contributed by atoms with van der Waals surface area (Å²) < 4.78 is 0. The molecule has 4 nitrogen and oxygen atoms in total. The van der Waals surface area contributed by atoms with Crippen LogP contribution in [-0.2, 0) is 0 Å². The molecule has 0 unspecified atom stereocenters. The molecule has 0 saturated carbocycles. The molecule has 0 amide bonds. The van der Waals surface area contributed by atoms with E-state index in [-0.39, 0.29) is 0 Å². The van der Waals surface area contributed by atoms with Crippen LogP contribution in [0.4, 0.5) is 11.4 Å². The van der Waals surface area contributed by atoms with Crippen molar-refractivity contribution in [1.29, 1.82) is 10.5 Å². The molecule has 1 aromatic carbocycles. The smallest absolute Gasteiger partial charge is 0.181 e. The van der Waals surface area contributed by atoms with E-state index < -0.39 is 0 Å². The zero-order chi connectivity index (χ0) is 9.68.